The SMILES string of the molecule is CN(C)CCCNCc1ccccc1N. The Morgan fingerprint density at radius 3 is 2.67 bits per heavy atom. The summed E-state index contributed by atoms with van der Waals surface area (Å²) >= 11 is 0. The number of rotatable bonds is 6. The van der Waals surface area contributed by atoms with Gasteiger partial charge in [-0.1, -0.05) is 18.2 Å². The van der Waals surface area contributed by atoms with Crippen molar-refractivity contribution in [2.45, 2.75) is 13.0 Å². The first kappa shape index (κ1) is 12.0. The van der Waals surface area contributed by atoms with Crippen LogP contribution in [0.2, 0.25) is 0 Å². The summed E-state index contributed by atoms with van der Waals surface area (Å²) in [4.78, 5) is 2.19. The van der Waals surface area contributed by atoms with E-state index in [9.17, 15) is 0 Å². The van der Waals surface area contributed by atoms with Crippen molar-refractivity contribution in [3.05, 3.63) is 29.8 Å². The van der Waals surface area contributed by atoms with E-state index in [-0.39, 0.29) is 0 Å². The Morgan fingerprint density at radius 2 is 2.00 bits per heavy atom. The molecule has 0 spiro atoms. The third-order valence-electron chi connectivity index (χ3n) is 2.33. The summed E-state index contributed by atoms with van der Waals surface area (Å²) in [6.07, 6.45) is 1.17. The number of nitrogens with two attached hydrogens (primary N) is 1. The lowest BCUT2D eigenvalue weighted by atomic mass is 10.2. The molecule has 3 heteroatoms. The van der Waals surface area contributed by atoms with Crippen LogP contribution < -0.4 is 11.1 Å². The first-order valence-electron chi connectivity index (χ1n) is 5.39. The van der Waals surface area contributed by atoms with Gasteiger partial charge in [0.15, 0.2) is 0 Å². The highest BCUT2D eigenvalue weighted by Gasteiger charge is 1.96. The van der Waals surface area contributed by atoms with Gasteiger partial charge in [0.2, 0.25) is 0 Å². The van der Waals surface area contributed by atoms with Gasteiger partial charge in [-0.25, -0.2) is 0 Å². The lowest BCUT2D eigenvalue weighted by Gasteiger charge is -2.10. The molecule has 0 heterocycles. The molecule has 15 heavy (non-hydrogen) atoms. The number of para-hydroxylation sites is 1. The molecule has 0 fully saturated rings. The molecule has 0 radical (unpaired) electrons. The van der Waals surface area contributed by atoms with Crippen LogP contribution in [0.25, 0.3) is 0 Å². The van der Waals surface area contributed by atoms with Crippen molar-refractivity contribution in [2.24, 2.45) is 0 Å². The Bertz CT molecular complexity index is 284. The topological polar surface area (TPSA) is 41.3 Å². The Kier molecular flexibility index (Phi) is 5.15. The van der Waals surface area contributed by atoms with E-state index in [2.05, 4.69) is 30.4 Å². The molecular weight excluding hydrogens is 186 g/mol. The zero-order chi connectivity index (χ0) is 11.1. The predicted octanol–water partition coefficient (Wildman–Crippen LogP) is 1.31. The molecular formula is C12H21N3. The fraction of sp³-hybridized carbons (Fsp3) is 0.500. The smallest absolute Gasteiger partial charge is 0.0359 e. The molecule has 0 saturated carbocycles. The van der Waals surface area contributed by atoms with Gasteiger partial charge in [-0.05, 0) is 45.2 Å². The van der Waals surface area contributed by atoms with Gasteiger partial charge < -0.3 is 16.0 Å². The predicted molar refractivity (Wildman–Crippen MR) is 65.7 cm³/mol. The van der Waals surface area contributed by atoms with Gasteiger partial charge in [0.05, 0.1) is 0 Å². The second-order valence-electron chi connectivity index (χ2n) is 4.03. The number of nitrogens with zero attached hydrogens (tertiary/aromatic N) is 1. The maximum absolute atomic E-state index is 5.84. The Hall–Kier alpha value is -1.06. The molecule has 0 aliphatic rings. The molecule has 0 aliphatic carbocycles. The van der Waals surface area contributed by atoms with E-state index in [0.29, 0.717) is 0 Å². The average molecular weight is 207 g/mol. The molecule has 0 bridgehead atoms. The van der Waals surface area contributed by atoms with Gasteiger partial charge in [0, 0.05) is 12.2 Å². The van der Waals surface area contributed by atoms with Gasteiger partial charge in [0.1, 0.15) is 0 Å². The standard InChI is InChI=1S/C12H21N3/c1-15(2)9-5-8-14-10-11-6-3-4-7-12(11)13/h3-4,6-7,14H,5,8-10,13H2,1-2H3. The van der Waals surface area contributed by atoms with Gasteiger partial charge in [0.25, 0.3) is 0 Å². The van der Waals surface area contributed by atoms with Crippen LogP contribution in [0.15, 0.2) is 24.3 Å². The fourth-order valence-electron chi connectivity index (χ4n) is 1.44. The van der Waals surface area contributed by atoms with E-state index >= 15 is 0 Å². The molecule has 84 valence electrons. The van der Waals surface area contributed by atoms with Crippen molar-refractivity contribution in [3.63, 3.8) is 0 Å². The number of nitrogen functional groups attached to an aromatic ring is 1. The summed E-state index contributed by atoms with van der Waals surface area (Å²) in [6.45, 7) is 3.02. The third kappa shape index (κ3) is 4.81. The minimum Gasteiger partial charge on any atom is -0.398 e. The van der Waals surface area contributed by atoms with E-state index in [1.54, 1.807) is 0 Å². The van der Waals surface area contributed by atoms with Gasteiger partial charge in [-0.3, -0.25) is 0 Å². The van der Waals surface area contributed by atoms with Crippen LogP contribution in [0.3, 0.4) is 0 Å². The monoisotopic (exact) mass is 207 g/mol. The van der Waals surface area contributed by atoms with Crippen LogP contribution in [-0.4, -0.2) is 32.1 Å². The maximum atomic E-state index is 5.84. The number of nitrogens with one attached hydrogen (secondary N) is 1. The maximum Gasteiger partial charge on any atom is 0.0359 e. The number of anilines is 1. The summed E-state index contributed by atoms with van der Waals surface area (Å²) in [5, 5.41) is 3.39. The summed E-state index contributed by atoms with van der Waals surface area (Å²) in [7, 11) is 4.18. The fourth-order valence-corrected chi connectivity index (χ4v) is 1.44. The van der Waals surface area contributed by atoms with Gasteiger partial charge in [-0.15, -0.1) is 0 Å². The van der Waals surface area contributed by atoms with Gasteiger partial charge in [-0.2, -0.15) is 0 Å². The highest BCUT2D eigenvalue weighted by molar-refractivity contribution is 5.46. The van der Waals surface area contributed by atoms with Crippen LogP contribution >= 0.6 is 0 Å². The Morgan fingerprint density at radius 1 is 1.27 bits per heavy atom. The molecule has 1 rings (SSSR count). The van der Waals surface area contributed by atoms with E-state index < -0.39 is 0 Å². The molecule has 0 unspecified atom stereocenters. The second-order valence-corrected chi connectivity index (χ2v) is 4.03. The van der Waals surface area contributed by atoms with Crippen LogP contribution in [-0.2, 0) is 6.54 Å². The highest BCUT2D eigenvalue weighted by Crippen LogP contribution is 2.09. The molecule has 3 nitrogen and oxygen atoms in total. The molecule has 1 aromatic rings. The van der Waals surface area contributed by atoms with Crippen molar-refractivity contribution >= 4 is 5.69 Å². The van der Waals surface area contributed by atoms with Crippen LogP contribution in [0.5, 0.6) is 0 Å². The average Bonchev–Trinajstić information content (AvgIpc) is 2.20. The zero-order valence-electron chi connectivity index (χ0n) is 9.66. The Balaban J connectivity index is 2.18. The molecule has 0 aromatic heterocycles. The lowest BCUT2D eigenvalue weighted by Crippen LogP contribution is -2.21. The highest BCUT2D eigenvalue weighted by atomic mass is 15.0. The largest absolute Gasteiger partial charge is 0.398 e. The molecule has 0 saturated heterocycles. The molecule has 1 aromatic carbocycles. The van der Waals surface area contributed by atoms with E-state index in [1.165, 1.54) is 12.0 Å². The van der Waals surface area contributed by atoms with Crippen molar-refractivity contribution in [1.29, 1.82) is 0 Å². The first-order valence-corrected chi connectivity index (χ1v) is 5.39. The number of hydrogen-bond acceptors (Lipinski definition) is 3. The normalized spacial score (nSPS) is 10.9. The van der Waals surface area contributed by atoms with Crippen LogP contribution in [0.4, 0.5) is 5.69 Å². The summed E-state index contributed by atoms with van der Waals surface area (Å²) in [5.74, 6) is 0. The van der Waals surface area contributed by atoms with E-state index in [4.69, 9.17) is 5.73 Å². The minimum absolute atomic E-state index is 0.861. The van der Waals surface area contributed by atoms with Crippen LogP contribution in [0, 0.1) is 0 Å². The summed E-state index contributed by atoms with van der Waals surface area (Å²) in [5.41, 5.74) is 7.89. The number of hydrogen-bond donors (Lipinski definition) is 2. The lowest BCUT2D eigenvalue weighted by molar-refractivity contribution is 0.394. The van der Waals surface area contributed by atoms with Gasteiger partial charge >= 0.3 is 0 Å². The van der Waals surface area contributed by atoms with Crippen LogP contribution in [0.1, 0.15) is 12.0 Å². The number of benzene rings is 1. The zero-order valence-corrected chi connectivity index (χ0v) is 9.66. The van der Waals surface area contributed by atoms with Crippen molar-refractivity contribution in [3.8, 4) is 0 Å². The molecule has 0 aliphatic heterocycles. The van der Waals surface area contributed by atoms with Crippen molar-refractivity contribution in [1.82, 2.24) is 10.2 Å². The first-order chi connectivity index (χ1) is 7.20. The molecule has 0 amide bonds. The molecule has 0 atom stereocenters. The molecule has 3 N–H and O–H groups in total. The minimum atomic E-state index is 0.861. The second kappa shape index (κ2) is 6.43. The summed E-state index contributed by atoms with van der Waals surface area (Å²) < 4.78 is 0. The van der Waals surface area contributed by atoms with Crippen molar-refractivity contribution in [2.75, 3.05) is 32.9 Å². The Labute approximate surface area is 92.3 Å². The third-order valence-corrected chi connectivity index (χ3v) is 2.33. The quantitative estimate of drug-likeness (QED) is 0.546. The van der Waals surface area contributed by atoms with E-state index in [0.717, 1.165) is 25.3 Å². The van der Waals surface area contributed by atoms with Crippen molar-refractivity contribution < 1.29 is 0 Å². The van der Waals surface area contributed by atoms with E-state index in [1.807, 2.05) is 18.2 Å². The summed E-state index contributed by atoms with van der Waals surface area (Å²) in [6, 6.07) is 7.99.